The molecule has 0 aliphatic heterocycles. The number of terminal acetylenes is 1. The number of allylic oxidation sites excluding steroid dienone is 7. The normalized spacial score (nSPS) is 9.89. The average Bonchev–Trinajstić information content (AvgIpc) is 2.87. The molecule has 1 aromatic heterocycles. The fourth-order valence-electron chi connectivity index (χ4n) is 3.08. The summed E-state index contributed by atoms with van der Waals surface area (Å²) in [7, 11) is 6.23. The molecule has 3 nitrogen and oxygen atoms in total. The predicted molar refractivity (Wildman–Crippen MR) is 171 cm³/mol. The van der Waals surface area contributed by atoms with Crippen LogP contribution in [0, 0.1) is 12.3 Å². The van der Waals surface area contributed by atoms with Gasteiger partial charge in [0.25, 0.3) is 0 Å². The summed E-state index contributed by atoms with van der Waals surface area (Å²) in [5, 5.41) is 1.27. The molecule has 3 heteroatoms. The average molecular weight is 505 g/mol. The van der Waals surface area contributed by atoms with Crippen molar-refractivity contribution < 1.29 is 4.57 Å². The smallest absolute Gasteiger partial charge is 0.212 e. The summed E-state index contributed by atoms with van der Waals surface area (Å²) in [6, 6.07) is 10.9. The Balaban J connectivity index is -0.000000497. The van der Waals surface area contributed by atoms with Gasteiger partial charge in [0.2, 0.25) is 11.2 Å². The fraction of sp³-hybridized carbons (Fsp3) is 0.382. The summed E-state index contributed by atoms with van der Waals surface area (Å²) in [4.78, 5) is 4.15. The summed E-state index contributed by atoms with van der Waals surface area (Å²) in [6.45, 7) is 27.4. The number of pyridine rings is 1. The van der Waals surface area contributed by atoms with Crippen LogP contribution in [-0.2, 0) is 7.05 Å². The van der Waals surface area contributed by atoms with Crippen molar-refractivity contribution in [2.75, 3.05) is 19.0 Å². The Hall–Kier alpha value is -3.51. The van der Waals surface area contributed by atoms with E-state index in [1.54, 1.807) is 6.92 Å². The predicted octanol–water partition coefficient (Wildman–Crippen LogP) is 9.29. The molecule has 1 aromatic carbocycles. The summed E-state index contributed by atoms with van der Waals surface area (Å²) < 4.78 is 2.22. The Morgan fingerprint density at radius 1 is 0.892 bits per heavy atom. The molecule has 0 aliphatic carbocycles. The van der Waals surface area contributed by atoms with Gasteiger partial charge in [0.05, 0.1) is 0 Å². The van der Waals surface area contributed by atoms with Gasteiger partial charge in [-0.2, -0.15) is 4.57 Å². The summed E-state index contributed by atoms with van der Waals surface area (Å²) in [5.41, 5.74) is 6.89. The molecule has 0 aliphatic rings. The SMILES string of the molecule is C#CC.C/C=C/c1ccc2cc(N(C)C)ccc2[n+]1C.C/C=C\C.C=C(C)N(C(=C)C)/C(C)=C\C.CC. The van der Waals surface area contributed by atoms with Crippen LogP contribution in [0.3, 0.4) is 0 Å². The zero-order valence-corrected chi connectivity index (χ0v) is 26.1. The number of nitrogens with zero attached hydrogens (tertiary/aromatic N) is 3. The first kappa shape index (κ1) is 38.0. The molecular formula is C34H54N3+. The molecule has 0 N–H and O–H groups in total. The van der Waals surface area contributed by atoms with E-state index in [1.165, 1.54) is 28.0 Å². The Kier molecular flexibility index (Phi) is 23.6. The van der Waals surface area contributed by atoms with Crippen molar-refractivity contribution >= 4 is 22.7 Å². The first-order chi connectivity index (χ1) is 17.5. The first-order valence-corrected chi connectivity index (χ1v) is 12.9. The zero-order chi connectivity index (χ0) is 29.6. The van der Waals surface area contributed by atoms with E-state index in [4.69, 9.17) is 0 Å². The van der Waals surface area contributed by atoms with Crippen molar-refractivity contribution in [3.63, 3.8) is 0 Å². The molecule has 0 radical (unpaired) electrons. The Bertz CT molecular complexity index is 1040. The lowest BCUT2D eigenvalue weighted by Crippen LogP contribution is -2.32. The van der Waals surface area contributed by atoms with Crippen LogP contribution < -0.4 is 9.47 Å². The number of hydrogen-bond acceptors (Lipinski definition) is 2. The van der Waals surface area contributed by atoms with E-state index in [9.17, 15) is 0 Å². The molecule has 2 rings (SSSR count). The summed E-state index contributed by atoms with van der Waals surface area (Å²) >= 11 is 0. The zero-order valence-electron chi connectivity index (χ0n) is 26.1. The molecular weight excluding hydrogens is 450 g/mol. The number of aryl methyl sites for hydroxylation is 1. The molecule has 0 bridgehead atoms. The number of fused-ring (bicyclic) bond motifs is 1. The van der Waals surface area contributed by atoms with Gasteiger partial charge in [0.1, 0.15) is 7.05 Å². The maximum Gasteiger partial charge on any atom is 0.212 e. The van der Waals surface area contributed by atoms with Crippen LogP contribution in [-0.4, -0.2) is 19.0 Å². The highest BCUT2D eigenvalue weighted by Gasteiger charge is 2.10. The van der Waals surface area contributed by atoms with Gasteiger partial charge in [-0.15, -0.1) is 12.3 Å². The second-order valence-corrected chi connectivity index (χ2v) is 8.15. The van der Waals surface area contributed by atoms with Gasteiger partial charge in [0, 0.05) is 60.5 Å². The van der Waals surface area contributed by atoms with Crippen LogP contribution in [0.15, 0.2) is 84.9 Å². The molecule has 0 fully saturated rings. The standard InChI is InChI=1S/C15H19N2.C10H17N.C4H8.C3H4.C2H6/c1-5-6-13-8-7-12-11-14(16(2)3)9-10-15(12)17(13)4;1-7-10(6)11(8(2)3)9(4)5;1-3-4-2;1-3-2;1-2/h5-11H,1-4H3;7H,2,4H2,1,3,5-6H3;3-4H,1-2H3;1H,2H3;1-2H3/q+1;;;;/b6-5+;10-7-;4-3-;;. The minimum absolute atomic E-state index is 1.01. The molecule has 204 valence electrons. The van der Waals surface area contributed by atoms with Crippen molar-refractivity contribution in [3.8, 4) is 12.3 Å². The van der Waals surface area contributed by atoms with E-state index in [-0.39, 0.29) is 0 Å². The van der Waals surface area contributed by atoms with Gasteiger partial charge < -0.3 is 9.80 Å². The van der Waals surface area contributed by atoms with Crippen LogP contribution in [0.1, 0.15) is 74.9 Å². The molecule has 1 heterocycles. The topological polar surface area (TPSA) is 10.4 Å². The minimum atomic E-state index is 1.01. The Morgan fingerprint density at radius 3 is 1.70 bits per heavy atom. The maximum absolute atomic E-state index is 4.60. The van der Waals surface area contributed by atoms with E-state index in [1.807, 2.05) is 85.4 Å². The molecule has 0 amide bonds. The van der Waals surface area contributed by atoms with Crippen LogP contribution in [0.4, 0.5) is 5.69 Å². The van der Waals surface area contributed by atoms with Gasteiger partial charge in [-0.3, -0.25) is 0 Å². The third-order valence-electron chi connectivity index (χ3n) is 4.91. The summed E-state index contributed by atoms with van der Waals surface area (Å²) in [5.74, 6) is 2.25. The molecule has 0 atom stereocenters. The summed E-state index contributed by atoms with van der Waals surface area (Å²) in [6.07, 6.45) is 14.8. The highest BCUT2D eigenvalue weighted by molar-refractivity contribution is 5.80. The van der Waals surface area contributed by atoms with Crippen molar-refractivity contribution in [2.45, 2.75) is 69.2 Å². The fourth-order valence-corrected chi connectivity index (χ4v) is 3.08. The van der Waals surface area contributed by atoms with Crippen molar-refractivity contribution in [1.82, 2.24) is 4.90 Å². The van der Waals surface area contributed by atoms with E-state index in [2.05, 4.69) is 98.6 Å². The van der Waals surface area contributed by atoms with Crippen LogP contribution in [0.25, 0.3) is 17.0 Å². The number of rotatable bonds is 5. The molecule has 37 heavy (non-hydrogen) atoms. The quantitative estimate of drug-likeness (QED) is 0.228. The van der Waals surface area contributed by atoms with Crippen LogP contribution >= 0.6 is 0 Å². The van der Waals surface area contributed by atoms with E-state index < -0.39 is 0 Å². The molecule has 0 unspecified atom stereocenters. The van der Waals surface area contributed by atoms with Gasteiger partial charge in [-0.05, 0) is 73.6 Å². The lowest BCUT2D eigenvalue weighted by Gasteiger charge is -2.25. The second kappa shape index (κ2) is 22.9. The number of hydrogen-bond donors (Lipinski definition) is 0. The van der Waals surface area contributed by atoms with Crippen molar-refractivity contribution in [3.05, 3.63) is 90.6 Å². The van der Waals surface area contributed by atoms with Crippen LogP contribution in [0.5, 0.6) is 0 Å². The van der Waals surface area contributed by atoms with Gasteiger partial charge in [-0.25, -0.2) is 0 Å². The monoisotopic (exact) mass is 504 g/mol. The van der Waals surface area contributed by atoms with E-state index in [0.29, 0.717) is 0 Å². The number of anilines is 1. The van der Waals surface area contributed by atoms with Gasteiger partial charge >= 0.3 is 0 Å². The maximum atomic E-state index is 4.60. The second-order valence-electron chi connectivity index (χ2n) is 8.15. The third-order valence-corrected chi connectivity index (χ3v) is 4.91. The molecule has 0 saturated heterocycles. The van der Waals surface area contributed by atoms with Gasteiger partial charge in [-0.1, -0.05) is 51.3 Å². The molecule has 0 spiro atoms. The van der Waals surface area contributed by atoms with Crippen LogP contribution in [0.2, 0.25) is 0 Å². The minimum Gasteiger partial charge on any atom is -0.378 e. The number of benzene rings is 1. The Morgan fingerprint density at radius 2 is 1.38 bits per heavy atom. The van der Waals surface area contributed by atoms with E-state index in [0.717, 1.165) is 11.4 Å². The highest BCUT2D eigenvalue weighted by atomic mass is 15.1. The molecule has 2 aromatic rings. The van der Waals surface area contributed by atoms with Crippen molar-refractivity contribution in [1.29, 1.82) is 0 Å². The third kappa shape index (κ3) is 15.3. The number of aromatic nitrogens is 1. The Labute approximate surface area is 230 Å². The lowest BCUT2D eigenvalue weighted by molar-refractivity contribution is -0.646. The first-order valence-electron chi connectivity index (χ1n) is 12.9. The lowest BCUT2D eigenvalue weighted by atomic mass is 10.1. The van der Waals surface area contributed by atoms with Gasteiger partial charge in [0.15, 0.2) is 0 Å². The largest absolute Gasteiger partial charge is 0.378 e. The van der Waals surface area contributed by atoms with E-state index >= 15 is 0 Å². The highest BCUT2D eigenvalue weighted by Crippen LogP contribution is 2.19. The molecule has 0 saturated carbocycles. The van der Waals surface area contributed by atoms with Crippen molar-refractivity contribution in [2.24, 2.45) is 7.05 Å².